The Balaban J connectivity index is 1.49. The Morgan fingerprint density at radius 3 is 2.71 bits per heavy atom. The third kappa shape index (κ3) is 2.96. The molecule has 3 N–H and O–H groups in total. The smallest absolute Gasteiger partial charge is 0.325 e. The first-order valence-electron chi connectivity index (χ1n) is 8.50. The maximum atomic E-state index is 13.2. The highest BCUT2D eigenvalue weighted by atomic mass is 19.1. The number of fused-ring (bicyclic) bond motifs is 1. The zero-order valence-corrected chi connectivity index (χ0v) is 14.8. The molecule has 4 rings (SSSR count). The van der Waals surface area contributed by atoms with Gasteiger partial charge in [0.2, 0.25) is 5.91 Å². The summed E-state index contributed by atoms with van der Waals surface area (Å²) in [5, 5.41) is 12.8. The van der Waals surface area contributed by atoms with Gasteiger partial charge in [0.25, 0.3) is 5.91 Å². The van der Waals surface area contributed by atoms with Crippen LogP contribution in [0, 0.1) is 5.82 Å². The fraction of sp³-hybridized carbons (Fsp3) is 0.158. The summed E-state index contributed by atoms with van der Waals surface area (Å²) < 4.78 is 13.2. The lowest BCUT2D eigenvalue weighted by Gasteiger charge is -2.22. The highest BCUT2D eigenvalue weighted by molar-refractivity contribution is 6.10. The van der Waals surface area contributed by atoms with Gasteiger partial charge in [0, 0.05) is 11.1 Å². The fourth-order valence-corrected chi connectivity index (χ4v) is 3.18. The third-order valence-corrected chi connectivity index (χ3v) is 4.72. The van der Waals surface area contributed by atoms with E-state index < -0.39 is 35.7 Å². The van der Waals surface area contributed by atoms with Crippen molar-refractivity contribution in [2.45, 2.75) is 12.5 Å². The van der Waals surface area contributed by atoms with Gasteiger partial charge in [-0.2, -0.15) is 5.10 Å². The lowest BCUT2D eigenvalue weighted by atomic mass is 9.92. The number of aromatic nitrogens is 2. The van der Waals surface area contributed by atoms with Crippen molar-refractivity contribution in [3.63, 3.8) is 0 Å². The number of nitrogens with one attached hydrogen (secondary N) is 3. The number of hydrogen-bond acceptors (Lipinski definition) is 4. The molecule has 2 aromatic carbocycles. The van der Waals surface area contributed by atoms with E-state index in [1.807, 2.05) is 0 Å². The molecule has 1 unspecified atom stereocenters. The summed E-state index contributed by atoms with van der Waals surface area (Å²) in [5.41, 5.74) is 0.413. The van der Waals surface area contributed by atoms with Crippen LogP contribution in [0.1, 0.15) is 12.5 Å². The number of H-pyrrole nitrogens is 1. The number of amides is 4. The Morgan fingerprint density at radius 1 is 1.21 bits per heavy atom. The summed E-state index contributed by atoms with van der Waals surface area (Å²) in [6.07, 6.45) is 1.62. The van der Waals surface area contributed by atoms with Crippen molar-refractivity contribution in [1.29, 1.82) is 0 Å². The molecule has 1 aromatic heterocycles. The van der Waals surface area contributed by atoms with Crippen LogP contribution in [0.3, 0.4) is 0 Å². The Labute approximate surface area is 158 Å². The van der Waals surface area contributed by atoms with Gasteiger partial charge in [0.15, 0.2) is 0 Å². The molecule has 0 spiro atoms. The summed E-state index contributed by atoms with van der Waals surface area (Å²) >= 11 is 0. The van der Waals surface area contributed by atoms with Gasteiger partial charge in [-0.05, 0) is 42.8 Å². The van der Waals surface area contributed by atoms with Crippen molar-refractivity contribution < 1.29 is 18.8 Å². The first kappa shape index (κ1) is 17.7. The van der Waals surface area contributed by atoms with Crippen molar-refractivity contribution in [2.24, 2.45) is 0 Å². The Bertz CT molecular complexity index is 1090. The summed E-state index contributed by atoms with van der Waals surface area (Å²) in [6.45, 7) is 1.08. The van der Waals surface area contributed by atoms with Crippen LogP contribution in [-0.4, -0.2) is 39.5 Å². The number of rotatable bonds is 4. The largest absolute Gasteiger partial charge is 0.325 e. The average Bonchev–Trinajstić information content (AvgIpc) is 3.21. The van der Waals surface area contributed by atoms with Crippen LogP contribution in [-0.2, 0) is 15.1 Å². The van der Waals surface area contributed by atoms with Crippen molar-refractivity contribution >= 4 is 34.4 Å². The van der Waals surface area contributed by atoms with Crippen LogP contribution in [0.4, 0.5) is 14.9 Å². The van der Waals surface area contributed by atoms with E-state index in [0.717, 1.165) is 15.8 Å². The Morgan fingerprint density at radius 2 is 1.96 bits per heavy atom. The number of nitrogens with zero attached hydrogens (tertiary/aromatic N) is 2. The van der Waals surface area contributed by atoms with Crippen LogP contribution in [0.25, 0.3) is 10.9 Å². The van der Waals surface area contributed by atoms with Gasteiger partial charge in [-0.3, -0.25) is 19.6 Å². The van der Waals surface area contributed by atoms with Gasteiger partial charge in [0.1, 0.15) is 17.9 Å². The first-order chi connectivity index (χ1) is 13.4. The van der Waals surface area contributed by atoms with Gasteiger partial charge >= 0.3 is 6.03 Å². The number of hydrogen-bond donors (Lipinski definition) is 3. The van der Waals surface area contributed by atoms with E-state index >= 15 is 0 Å². The Kier molecular flexibility index (Phi) is 4.07. The van der Waals surface area contributed by atoms with Gasteiger partial charge < -0.3 is 10.6 Å². The molecule has 1 aliphatic heterocycles. The molecule has 4 amide bonds. The molecular weight excluding hydrogens is 365 g/mol. The van der Waals surface area contributed by atoms with Crippen molar-refractivity contribution in [3.8, 4) is 0 Å². The number of carbonyl (C=O) groups excluding carboxylic acids is 3. The van der Waals surface area contributed by atoms with Crippen LogP contribution in [0.15, 0.2) is 48.7 Å². The van der Waals surface area contributed by atoms with Crippen LogP contribution in [0.5, 0.6) is 0 Å². The first-order valence-corrected chi connectivity index (χ1v) is 8.50. The van der Waals surface area contributed by atoms with Crippen molar-refractivity contribution in [1.82, 2.24) is 20.4 Å². The molecule has 0 aliphatic carbocycles. The minimum absolute atomic E-state index is 0.431. The lowest BCUT2D eigenvalue weighted by molar-refractivity contribution is -0.133. The SMILES string of the molecule is CC1(c2ccc(F)cc2)NC(=O)N(CC(=O)Nc2ccc3[nH]ncc3c2)C1=O. The molecule has 0 radical (unpaired) electrons. The molecule has 2 heterocycles. The standard InChI is InChI=1S/C19H16FN5O3/c1-19(12-2-4-13(20)5-3-12)17(27)25(18(28)23-19)10-16(26)22-14-6-7-15-11(8-14)9-21-24-15/h2-9H,10H2,1H3,(H,21,24)(H,22,26)(H,23,28). The van der Waals surface area contributed by atoms with E-state index in [1.165, 1.54) is 31.2 Å². The number of imide groups is 1. The maximum Gasteiger partial charge on any atom is 0.325 e. The molecule has 3 aromatic rings. The van der Waals surface area contributed by atoms with Gasteiger partial charge in [0.05, 0.1) is 11.7 Å². The molecule has 1 atom stereocenters. The third-order valence-electron chi connectivity index (χ3n) is 4.72. The minimum Gasteiger partial charge on any atom is -0.325 e. The zero-order chi connectivity index (χ0) is 19.9. The maximum absolute atomic E-state index is 13.2. The second-order valence-corrected chi connectivity index (χ2v) is 6.67. The van der Waals surface area contributed by atoms with Gasteiger partial charge in [-0.25, -0.2) is 9.18 Å². The predicted octanol–water partition coefficient (Wildman–Crippen LogP) is 2.11. The van der Waals surface area contributed by atoms with Crippen LogP contribution < -0.4 is 10.6 Å². The molecule has 0 saturated carbocycles. The Hall–Kier alpha value is -3.75. The number of benzene rings is 2. The van der Waals surface area contributed by atoms with Crippen molar-refractivity contribution in [3.05, 3.63) is 60.0 Å². The lowest BCUT2D eigenvalue weighted by Crippen LogP contribution is -2.42. The van der Waals surface area contributed by atoms with E-state index in [0.29, 0.717) is 11.3 Å². The number of carbonyl (C=O) groups is 3. The highest BCUT2D eigenvalue weighted by Crippen LogP contribution is 2.29. The topological polar surface area (TPSA) is 107 Å². The number of aromatic amines is 1. The quantitative estimate of drug-likeness (QED) is 0.602. The number of urea groups is 1. The second-order valence-electron chi connectivity index (χ2n) is 6.67. The normalized spacial score (nSPS) is 19.1. The van der Waals surface area contributed by atoms with Crippen molar-refractivity contribution in [2.75, 3.05) is 11.9 Å². The molecule has 1 aliphatic rings. The van der Waals surface area contributed by atoms with E-state index in [1.54, 1.807) is 24.4 Å². The van der Waals surface area contributed by atoms with Gasteiger partial charge in [-0.1, -0.05) is 12.1 Å². The van der Waals surface area contributed by atoms with E-state index in [4.69, 9.17) is 0 Å². The van der Waals surface area contributed by atoms with E-state index in [9.17, 15) is 18.8 Å². The predicted molar refractivity (Wildman–Crippen MR) is 98.7 cm³/mol. The molecule has 28 heavy (non-hydrogen) atoms. The van der Waals surface area contributed by atoms with Crippen LogP contribution >= 0.6 is 0 Å². The molecule has 9 heteroatoms. The summed E-state index contributed by atoms with van der Waals surface area (Å²) in [4.78, 5) is 38.3. The average molecular weight is 381 g/mol. The molecule has 0 bridgehead atoms. The molecule has 1 saturated heterocycles. The molecular formula is C19H16FN5O3. The number of anilines is 1. The summed E-state index contributed by atoms with van der Waals surface area (Å²) in [7, 11) is 0. The zero-order valence-electron chi connectivity index (χ0n) is 14.8. The van der Waals surface area contributed by atoms with E-state index in [2.05, 4.69) is 20.8 Å². The van der Waals surface area contributed by atoms with Crippen LogP contribution in [0.2, 0.25) is 0 Å². The second kappa shape index (κ2) is 6.45. The minimum atomic E-state index is -1.36. The molecule has 1 fully saturated rings. The molecule has 142 valence electrons. The van der Waals surface area contributed by atoms with E-state index in [-0.39, 0.29) is 0 Å². The fourth-order valence-electron chi connectivity index (χ4n) is 3.18. The monoisotopic (exact) mass is 381 g/mol. The highest BCUT2D eigenvalue weighted by Gasteiger charge is 2.49. The van der Waals surface area contributed by atoms with Gasteiger partial charge in [-0.15, -0.1) is 0 Å². The molecule has 8 nitrogen and oxygen atoms in total. The summed E-state index contributed by atoms with van der Waals surface area (Å²) in [5.74, 6) is -1.55. The number of halogens is 1. The summed E-state index contributed by atoms with van der Waals surface area (Å²) in [6, 6.07) is 9.77.